The summed E-state index contributed by atoms with van der Waals surface area (Å²) in [6.45, 7) is 1.40. The number of carbonyl (C=O) groups excluding carboxylic acids is 1. The van der Waals surface area contributed by atoms with Gasteiger partial charge in [0.1, 0.15) is 5.75 Å². The molecule has 0 N–H and O–H groups in total. The van der Waals surface area contributed by atoms with Gasteiger partial charge in [-0.25, -0.2) is 4.98 Å². The van der Waals surface area contributed by atoms with Gasteiger partial charge in [-0.15, -0.1) is 0 Å². The normalized spacial score (nSPS) is 11.6. The largest absolute Gasteiger partial charge is 0.439 e. The predicted octanol–water partition coefficient (Wildman–Crippen LogP) is 5.27. The molecular weight excluding hydrogens is 395 g/mol. The van der Waals surface area contributed by atoms with E-state index in [0.717, 1.165) is 6.07 Å². The molecule has 0 radical (unpaired) electrons. The van der Waals surface area contributed by atoms with Crippen molar-refractivity contribution in [1.29, 1.82) is 0 Å². The second kappa shape index (κ2) is 7.62. The van der Waals surface area contributed by atoms with Crippen molar-refractivity contribution >= 4 is 11.4 Å². The van der Waals surface area contributed by atoms with E-state index in [1.54, 1.807) is 59.5 Å². The van der Waals surface area contributed by atoms with Gasteiger partial charge >= 0.3 is 6.18 Å². The summed E-state index contributed by atoms with van der Waals surface area (Å²) in [7, 11) is 0. The number of alkyl halides is 3. The fourth-order valence-corrected chi connectivity index (χ4v) is 3.10. The number of rotatable bonds is 5. The minimum Gasteiger partial charge on any atom is -0.439 e. The molecule has 2 aromatic heterocycles. The molecule has 0 saturated heterocycles. The summed E-state index contributed by atoms with van der Waals surface area (Å²) < 4.78 is 46.7. The lowest BCUT2D eigenvalue weighted by Crippen LogP contribution is -2.10. The lowest BCUT2D eigenvalue weighted by atomic mass is 9.98. The van der Waals surface area contributed by atoms with E-state index in [0.29, 0.717) is 28.4 Å². The quantitative estimate of drug-likeness (QED) is 0.420. The number of Topliss-reactive ketones (excluding diaryl/α,β-unsaturated/α-hetero) is 1. The molecule has 8 heteroatoms. The molecule has 0 atom stereocenters. The molecule has 0 aliphatic heterocycles. The number of aryl methyl sites for hydroxylation is 1. The number of fused-ring (bicyclic) bond motifs is 1. The molecule has 2 aromatic carbocycles. The minimum absolute atomic E-state index is 0.121. The molecule has 30 heavy (non-hydrogen) atoms. The highest BCUT2D eigenvalue weighted by molar-refractivity contribution is 5.97. The number of aromatic nitrogens is 3. The van der Waals surface area contributed by atoms with Crippen LogP contribution in [-0.4, -0.2) is 20.2 Å². The zero-order valence-corrected chi connectivity index (χ0v) is 15.8. The Kier molecular flexibility index (Phi) is 4.99. The maximum absolute atomic E-state index is 13.1. The topological polar surface area (TPSA) is 56.5 Å². The molecular formula is C22H16F3N3O2. The third-order valence-corrected chi connectivity index (χ3v) is 4.65. The number of hydrogen-bond donors (Lipinski definition) is 0. The van der Waals surface area contributed by atoms with E-state index in [4.69, 9.17) is 4.74 Å². The van der Waals surface area contributed by atoms with Crippen LogP contribution in [-0.2, 0) is 12.6 Å². The van der Waals surface area contributed by atoms with E-state index >= 15 is 0 Å². The van der Waals surface area contributed by atoms with Crippen molar-refractivity contribution in [2.75, 3.05) is 0 Å². The van der Waals surface area contributed by atoms with Crippen molar-refractivity contribution in [2.45, 2.75) is 19.5 Å². The molecule has 152 valence electrons. The molecule has 0 aliphatic rings. The standard InChI is InChI=1S/C22H16F3N3O2/c1-14-2-3-15(10-18(14)22(23,24)25)11-19(29)16-4-6-17(7-5-16)30-21-13-27-20-12-26-8-9-28(20)21/h2-10,12-13H,11H2,1H3. The molecule has 0 amide bonds. The van der Waals surface area contributed by atoms with Crippen LogP contribution >= 0.6 is 0 Å². The van der Waals surface area contributed by atoms with Crippen LogP contribution in [0.2, 0.25) is 0 Å². The van der Waals surface area contributed by atoms with E-state index in [-0.39, 0.29) is 17.8 Å². The number of hydrogen-bond acceptors (Lipinski definition) is 4. The highest BCUT2D eigenvalue weighted by atomic mass is 19.4. The Balaban J connectivity index is 1.48. The van der Waals surface area contributed by atoms with Crippen LogP contribution in [0, 0.1) is 6.92 Å². The number of ether oxygens (including phenoxy) is 1. The SMILES string of the molecule is Cc1ccc(CC(=O)c2ccc(Oc3cnc4cnccn34)cc2)cc1C(F)(F)F. The highest BCUT2D eigenvalue weighted by Gasteiger charge is 2.32. The van der Waals surface area contributed by atoms with Gasteiger partial charge in [0.25, 0.3) is 0 Å². The number of halogens is 3. The van der Waals surface area contributed by atoms with Gasteiger partial charge in [0, 0.05) is 24.4 Å². The van der Waals surface area contributed by atoms with Crippen molar-refractivity contribution in [3.63, 3.8) is 0 Å². The molecule has 0 unspecified atom stereocenters. The number of nitrogens with zero attached hydrogens (tertiary/aromatic N) is 3. The lowest BCUT2D eigenvalue weighted by Gasteiger charge is -2.12. The van der Waals surface area contributed by atoms with Crippen molar-refractivity contribution in [3.05, 3.63) is 89.5 Å². The molecule has 4 aromatic rings. The second-order valence-corrected chi connectivity index (χ2v) is 6.77. The van der Waals surface area contributed by atoms with Crippen LogP contribution in [0.4, 0.5) is 13.2 Å². The maximum atomic E-state index is 13.1. The van der Waals surface area contributed by atoms with Crippen LogP contribution < -0.4 is 4.74 Å². The first-order valence-corrected chi connectivity index (χ1v) is 9.06. The fraction of sp³-hybridized carbons (Fsp3) is 0.136. The van der Waals surface area contributed by atoms with Gasteiger partial charge in [0.15, 0.2) is 11.4 Å². The molecule has 0 spiro atoms. The van der Waals surface area contributed by atoms with Gasteiger partial charge in [0.05, 0.1) is 18.0 Å². The Bertz CT molecular complexity index is 1210. The van der Waals surface area contributed by atoms with Crippen LogP contribution in [0.15, 0.2) is 67.3 Å². The molecule has 0 saturated carbocycles. The summed E-state index contributed by atoms with van der Waals surface area (Å²) in [5.41, 5.74) is 0.746. The van der Waals surface area contributed by atoms with E-state index in [1.807, 2.05) is 0 Å². The first-order chi connectivity index (χ1) is 14.3. The van der Waals surface area contributed by atoms with Crippen LogP contribution in [0.1, 0.15) is 27.0 Å². The van der Waals surface area contributed by atoms with Gasteiger partial charge in [-0.3, -0.25) is 14.2 Å². The van der Waals surface area contributed by atoms with Gasteiger partial charge in [0.2, 0.25) is 5.88 Å². The Labute approximate surface area is 169 Å². The average Bonchev–Trinajstić information content (AvgIpc) is 3.12. The Morgan fingerprint density at radius 2 is 1.87 bits per heavy atom. The van der Waals surface area contributed by atoms with Crippen molar-refractivity contribution in [3.8, 4) is 11.6 Å². The lowest BCUT2D eigenvalue weighted by molar-refractivity contribution is -0.138. The minimum atomic E-state index is -4.45. The first-order valence-electron chi connectivity index (χ1n) is 9.06. The summed E-state index contributed by atoms with van der Waals surface area (Å²) in [5, 5.41) is 0. The summed E-state index contributed by atoms with van der Waals surface area (Å²) in [4.78, 5) is 20.7. The summed E-state index contributed by atoms with van der Waals surface area (Å²) in [5.74, 6) is 0.713. The molecule has 0 fully saturated rings. The molecule has 4 rings (SSSR count). The molecule has 2 heterocycles. The van der Waals surface area contributed by atoms with Crippen molar-refractivity contribution in [2.24, 2.45) is 0 Å². The smallest absolute Gasteiger partial charge is 0.416 e. The second-order valence-electron chi connectivity index (χ2n) is 6.77. The zero-order valence-electron chi connectivity index (χ0n) is 15.8. The summed E-state index contributed by atoms with van der Waals surface area (Å²) in [6, 6.07) is 10.4. The number of carbonyl (C=O) groups is 1. The molecule has 0 bridgehead atoms. The predicted molar refractivity (Wildman–Crippen MR) is 104 cm³/mol. The van der Waals surface area contributed by atoms with Crippen LogP contribution in [0.5, 0.6) is 11.6 Å². The average molecular weight is 411 g/mol. The molecule has 5 nitrogen and oxygen atoms in total. The van der Waals surface area contributed by atoms with E-state index in [2.05, 4.69) is 9.97 Å². The summed E-state index contributed by atoms with van der Waals surface area (Å²) in [6.07, 6.45) is 1.92. The van der Waals surface area contributed by atoms with Crippen LogP contribution in [0.3, 0.4) is 0 Å². The Hall–Kier alpha value is -3.68. The highest BCUT2D eigenvalue weighted by Crippen LogP contribution is 2.32. The number of ketones is 1. The maximum Gasteiger partial charge on any atom is 0.416 e. The van der Waals surface area contributed by atoms with Gasteiger partial charge in [-0.1, -0.05) is 12.1 Å². The van der Waals surface area contributed by atoms with Crippen LogP contribution in [0.25, 0.3) is 5.65 Å². The fourth-order valence-electron chi connectivity index (χ4n) is 3.10. The number of benzene rings is 2. The van der Waals surface area contributed by atoms with Gasteiger partial charge < -0.3 is 4.74 Å². The van der Waals surface area contributed by atoms with Gasteiger partial charge in [-0.05, 0) is 48.4 Å². The zero-order chi connectivity index (χ0) is 21.3. The van der Waals surface area contributed by atoms with E-state index < -0.39 is 11.7 Å². The Morgan fingerprint density at radius 3 is 2.60 bits per heavy atom. The summed E-state index contributed by atoms with van der Waals surface area (Å²) >= 11 is 0. The van der Waals surface area contributed by atoms with Gasteiger partial charge in [-0.2, -0.15) is 13.2 Å². The number of imidazole rings is 1. The third-order valence-electron chi connectivity index (χ3n) is 4.65. The third kappa shape index (κ3) is 4.03. The Morgan fingerprint density at radius 1 is 1.10 bits per heavy atom. The van der Waals surface area contributed by atoms with Crippen molar-refractivity contribution < 1.29 is 22.7 Å². The van der Waals surface area contributed by atoms with E-state index in [9.17, 15) is 18.0 Å². The van der Waals surface area contributed by atoms with Crippen molar-refractivity contribution in [1.82, 2.24) is 14.4 Å². The monoisotopic (exact) mass is 411 g/mol. The molecule has 0 aliphatic carbocycles. The van der Waals surface area contributed by atoms with E-state index in [1.165, 1.54) is 13.0 Å². The first kappa shape index (κ1) is 19.6.